The van der Waals surface area contributed by atoms with Crippen molar-refractivity contribution in [1.82, 2.24) is 5.32 Å². The highest BCUT2D eigenvalue weighted by Gasteiger charge is 2.13. The number of nitrogens with one attached hydrogen (secondary N) is 1. The van der Waals surface area contributed by atoms with Crippen molar-refractivity contribution in [2.45, 2.75) is 25.8 Å². The molecule has 3 heteroatoms. The standard InChI is InChI=1S/C15H19NO2/c1-18-14-9-5-4-8-13(14)11-16-15(17)10-12-6-2-3-7-12/h2,4-6,8-9,12H,3,7,10-11H2,1H3,(H,16,17)/t12-/m1/s1. The Morgan fingerprint density at radius 3 is 3.00 bits per heavy atom. The first-order valence-electron chi connectivity index (χ1n) is 6.35. The number of allylic oxidation sites excluding steroid dienone is 2. The van der Waals surface area contributed by atoms with E-state index in [1.165, 1.54) is 0 Å². The third-order valence-corrected chi connectivity index (χ3v) is 3.23. The highest BCUT2D eigenvalue weighted by atomic mass is 16.5. The van der Waals surface area contributed by atoms with Crippen LogP contribution in [0.2, 0.25) is 0 Å². The van der Waals surface area contributed by atoms with E-state index in [0.717, 1.165) is 24.2 Å². The van der Waals surface area contributed by atoms with Crippen LogP contribution in [0, 0.1) is 5.92 Å². The molecule has 1 aromatic rings. The Labute approximate surface area is 108 Å². The van der Waals surface area contributed by atoms with Crippen molar-refractivity contribution in [3.63, 3.8) is 0 Å². The third kappa shape index (κ3) is 3.36. The summed E-state index contributed by atoms with van der Waals surface area (Å²) in [5, 5.41) is 2.95. The van der Waals surface area contributed by atoms with Crippen LogP contribution >= 0.6 is 0 Å². The molecular weight excluding hydrogens is 226 g/mol. The summed E-state index contributed by atoms with van der Waals surface area (Å²) in [5.41, 5.74) is 1.01. The first-order chi connectivity index (χ1) is 8.79. The minimum Gasteiger partial charge on any atom is -0.496 e. The largest absolute Gasteiger partial charge is 0.496 e. The number of ether oxygens (including phenoxy) is 1. The monoisotopic (exact) mass is 245 g/mol. The Morgan fingerprint density at radius 2 is 2.28 bits per heavy atom. The number of carbonyl (C=O) groups excluding carboxylic acids is 1. The maximum absolute atomic E-state index is 11.8. The molecule has 0 fully saturated rings. The van der Waals surface area contributed by atoms with Crippen molar-refractivity contribution in [1.29, 1.82) is 0 Å². The second-order valence-electron chi connectivity index (χ2n) is 4.56. The molecule has 1 N–H and O–H groups in total. The zero-order chi connectivity index (χ0) is 12.8. The number of hydrogen-bond donors (Lipinski definition) is 1. The predicted molar refractivity (Wildman–Crippen MR) is 71.3 cm³/mol. The minimum absolute atomic E-state index is 0.109. The van der Waals surface area contributed by atoms with E-state index < -0.39 is 0 Å². The van der Waals surface area contributed by atoms with Gasteiger partial charge in [0.05, 0.1) is 7.11 Å². The highest BCUT2D eigenvalue weighted by molar-refractivity contribution is 5.76. The van der Waals surface area contributed by atoms with Crippen LogP contribution in [0.25, 0.3) is 0 Å². The van der Waals surface area contributed by atoms with Gasteiger partial charge < -0.3 is 10.1 Å². The number of methoxy groups -OCH3 is 1. The Balaban J connectivity index is 1.83. The molecule has 18 heavy (non-hydrogen) atoms. The summed E-state index contributed by atoms with van der Waals surface area (Å²) in [6, 6.07) is 7.74. The average Bonchev–Trinajstić information content (AvgIpc) is 2.89. The van der Waals surface area contributed by atoms with E-state index >= 15 is 0 Å². The summed E-state index contributed by atoms with van der Waals surface area (Å²) in [6.45, 7) is 0.527. The van der Waals surface area contributed by atoms with Gasteiger partial charge in [-0.15, -0.1) is 0 Å². The molecule has 0 heterocycles. The maximum Gasteiger partial charge on any atom is 0.220 e. The van der Waals surface area contributed by atoms with E-state index in [2.05, 4.69) is 17.5 Å². The number of hydrogen-bond acceptors (Lipinski definition) is 2. The van der Waals surface area contributed by atoms with E-state index in [-0.39, 0.29) is 5.91 Å². The molecule has 0 saturated carbocycles. The number of rotatable bonds is 5. The third-order valence-electron chi connectivity index (χ3n) is 3.23. The summed E-state index contributed by atoms with van der Waals surface area (Å²) >= 11 is 0. The fourth-order valence-electron chi connectivity index (χ4n) is 2.22. The Bertz CT molecular complexity index is 440. The molecule has 3 nitrogen and oxygen atoms in total. The van der Waals surface area contributed by atoms with Gasteiger partial charge in [0.25, 0.3) is 0 Å². The Hall–Kier alpha value is -1.77. The second-order valence-corrected chi connectivity index (χ2v) is 4.56. The van der Waals surface area contributed by atoms with E-state index in [1.54, 1.807) is 7.11 Å². The highest BCUT2D eigenvalue weighted by Crippen LogP contribution is 2.20. The molecule has 1 aliphatic carbocycles. The Morgan fingerprint density at radius 1 is 1.44 bits per heavy atom. The van der Waals surface area contributed by atoms with Gasteiger partial charge in [-0.25, -0.2) is 0 Å². The average molecular weight is 245 g/mol. The van der Waals surface area contributed by atoms with Gasteiger partial charge in [0.1, 0.15) is 5.75 Å². The van der Waals surface area contributed by atoms with Gasteiger partial charge in [-0.05, 0) is 24.8 Å². The molecule has 96 valence electrons. The molecule has 2 rings (SSSR count). The van der Waals surface area contributed by atoms with Gasteiger partial charge in [0.15, 0.2) is 0 Å². The summed E-state index contributed by atoms with van der Waals surface area (Å²) in [5.74, 6) is 1.35. The molecular formula is C15H19NO2. The van der Waals surface area contributed by atoms with Crippen molar-refractivity contribution in [2.75, 3.05) is 7.11 Å². The second kappa shape index (κ2) is 6.24. The topological polar surface area (TPSA) is 38.3 Å². The molecule has 0 aromatic heterocycles. The lowest BCUT2D eigenvalue weighted by Crippen LogP contribution is -2.24. The van der Waals surface area contributed by atoms with Crippen LogP contribution in [0.1, 0.15) is 24.8 Å². The molecule has 0 saturated heterocycles. The Kier molecular flexibility index (Phi) is 4.40. The van der Waals surface area contributed by atoms with Gasteiger partial charge in [0, 0.05) is 18.5 Å². The lowest BCUT2D eigenvalue weighted by atomic mass is 10.0. The molecule has 0 bridgehead atoms. The fourth-order valence-corrected chi connectivity index (χ4v) is 2.22. The van der Waals surface area contributed by atoms with Crippen molar-refractivity contribution in [3.05, 3.63) is 42.0 Å². The van der Waals surface area contributed by atoms with Crippen molar-refractivity contribution in [3.8, 4) is 5.75 Å². The molecule has 0 spiro atoms. The molecule has 0 unspecified atom stereocenters. The molecule has 1 aliphatic rings. The number of amides is 1. The van der Waals surface area contributed by atoms with Crippen LogP contribution in [-0.4, -0.2) is 13.0 Å². The number of para-hydroxylation sites is 1. The van der Waals surface area contributed by atoms with Crippen LogP contribution in [-0.2, 0) is 11.3 Å². The summed E-state index contributed by atoms with van der Waals surface area (Å²) in [4.78, 5) is 11.8. The fraction of sp³-hybridized carbons (Fsp3) is 0.400. The van der Waals surface area contributed by atoms with Crippen molar-refractivity contribution < 1.29 is 9.53 Å². The zero-order valence-electron chi connectivity index (χ0n) is 10.7. The first-order valence-corrected chi connectivity index (χ1v) is 6.35. The van der Waals surface area contributed by atoms with Crippen LogP contribution < -0.4 is 10.1 Å². The van der Waals surface area contributed by atoms with Gasteiger partial charge in [-0.2, -0.15) is 0 Å². The van der Waals surface area contributed by atoms with Crippen LogP contribution in [0.15, 0.2) is 36.4 Å². The van der Waals surface area contributed by atoms with E-state index in [9.17, 15) is 4.79 Å². The number of carbonyl (C=O) groups is 1. The molecule has 1 atom stereocenters. The molecule has 1 amide bonds. The van der Waals surface area contributed by atoms with Gasteiger partial charge in [0.2, 0.25) is 5.91 Å². The zero-order valence-corrected chi connectivity index (χ0v) is 10.7. The first kappa shape index (κ1) is 12.7. The smallest absolute Gasteiger partial charge is 0.220 e. The van der Waals surface area contributed by atoms with Crippen LogP contribution in [0.3, 0.4) is 0 Å². The lowest BCUT2D eigenvalue weighted by molar-refractivity contribution is -0.121. The van der Waals surface area contributed by atoms with Crippen molar-refractivity contribution >= 4 is 5.91 Å². The maximum atomic E-state index is 11.8. The summed E-state index contributed by atoms with van der Waals surface area (Å²) in [6.07, 6.45) is 7.08. The van der Waals surface area contributed by atoms with Crippen LogP contribution in [0.4, 0.5) is 0 Å². The quantitative estimate of drug-likeness (QED) is 0.810. The van der Waals surface area contributed by atoms with Gasteiger partial charge in [-0.1, -0.05) is 30.4 Å². The molecule has 0 aliphatic heterocycles. The summed E-state index contributed by atoms with van der Waals surface area (Å²) < 4.78 is 5.25. The predicted octanol–water partition coefficient (Wildman–Crippen LogP) is 2.67. The summed E-state index contributed by atoms with van der Waals surface area (Å²) in [7, 11) is 1.64. The van der Waals surface area contributed by atoms with Gasteiger partial charge in [-0.3, -0.25) is 4.79 Å². The van der Waals surface area contributed by atoms with Crippen LogP contribution in [0.5, 0.6) is 5.75 Å². The molecule has 1 aromatic carbocycles. The number of benzene rings is 1. The van der Waals surface area contributed by atoms with E-state index in [1.807, 2.05) is 24.3 Å². The normalized spacial score (nSPS) is 17.7. The molecule has 0 radical (unpaired) electrons. The van der Waals surface area contributed by atoms with E-state index in [0.29, 0.717) is 18.9 Å². The van der Waals surface area contributed by atoms with E-state index in [4.69, 9.17) is 4.74 Å². The lowest BCUT2D eigenvalue weighted by Gasteiger charge is -2.11. The SMILES string of the molecule is COc1ccccc1CNC(=O)C[C@@H]1C=CCC1. The van der Waals surface area contributed by atoms with Crippen molar-refractivity contribution in [2.24, 2.45) is 5.92 Å². The minimum atomic E-state index is 0.109. The van der Waals surface area contributed by atoms with Gasteiger partial charge >= 0.3 is 0 Å².